The number of hydrogen-bond acceptors (Lipinski definition) is 7. The van der Waals surface area contributed by atoms with Crippen molar-refractivity contribution in [3.63, 3.8) is 0 Å². The summed E-state index contributed by atoms with van der Waals surface area (Å²) in [4.78, 5) is 11.2. The van der Waals surface area contributed by atoms with Crippen molar-refractivity contribution in [3.8, 4) is 0 Å². The standard InChI is InChI=1S/C16H20F3N7OS2.Cu/c1-3-21-14(28)25-23-9(2)12(10-4-6-11(7-5-10)13(20)27)24-26-15(29)22-8-16(17,18)19;/h4-7H,3,8H2,1-2H3,(H2,20,27)(H2,21,25,28)(H2,22,26,29);/q;+2/p-2. The van der Waals surface area contributed by atoms with Gasteiger partial charge in [-0.05, 0) is 36.3 Å². The molecule has 0 spiro atoms. The van der Waals surface area contributed by atoms with Crippen molar-refractivity contribution >= 4 is 52.9 Å². The molecule has 0 aliphatic rings. The number of benzene rings is 1. The third kappa shape index (κ3) is 10.5. The molecule has 1 aromatic carbocycles. The number of carbonyl (C=O) groups is 1. The third-order valence-corrected chi connectivity index (χ3v) is 3.54. The Morgan fingerprint density at radius 2 is 1.50 bits per heavy atom. The van der Waals surface area contributed by atoms with Crippen LogP contribution in [0.2, 0.25) is 0 Å². The Hall–Kier alpha value is -2.28. The second-order valence-electron chi connectivity index (χ2n) is 5.38. The Kier molecular flexibility index (Phi) is 12.1. The molecule has 4 N–H and O–H groups in total. The van der Waals surface area contributed by atoms with Gasteiger partial charge in [-0.3, -0.25) is 4.79 Å². The second kappa shape index (κ2) is 13.1. The Labute approximate surface area is 193 Å². The SMILES string of the molecule is CCNC([S-])=NN=C(C)C(=NN=C([S-])NCC(F)(F)F)c1ccc(C(N)=O)cc1.[Cu+2]. The number of alkyl halides is 3. The van der Waals surface area contributed by atoms with Gasteiger partial charge in [0.2, 0.25) is 5.91 Å². The van der Waals surface area contributed by atoms with Gasteiger partial charge in [-0.25, -0.2) is 0 Å². The topological polar surface area (TPSA) is 117 Å². The van der Waals surface area contributed by atoms with Crippen molar-refractivity contribution < 1.29 is 35.0 Å². The van der Waals surface area contributed by atoms with Gasteiger partial charge in [0.25, 0.3) is 0 Å². The van der Waals surface area contributed by atoms with E-state index >= 15 is 0 Å². The van der Waals surface area contributed by atoms with Crippen molar-refractivity contribution in [1.29, 1.82) is 0 Å². The maximum Gasteiger partial charge on any atom is 2.00 e. The molecule has 1 aromatic rings. The van der Waals surface area contributed by atoms with Crippen LogP contribution in [0.1, 0.15) is 29.8 Å². The quantitative estimate of drug-likeness (QED) is 0.169. The first-order chi connectivity index (χ1) is 13.5. The van der Waals surface area contributed by atoms with E-state index in [1.165, 1.54) is 24.3 Å². The molecule has 167 valence electrons. The van der Waals surface area contributed by atoms with Crippen molar-refractivity contribution in [2.24, 2.45) is 26.1 Å². The summed E-state index contributed by atoms with van der Waals surface area (Å²) in [5.41, 5.74) is 6.37. The minimum Gasteiger partial charge on any atom is -0.741 e. The van der Waals surface area contributed by atoms with E-state index in [9.17, 15) is 18.0 Å². The number of amidine groups is 2. The van der Waals surface area contributed by atoms with E-state index in [1.807, 2.05) is 12.2 Å². The summed E-state index contributed by atoms with van der Waals surface area (Å²) >= 11 is 9.69. The van der Waals surface area contributed by atoms with Crippen LogP contribution in [-0.4, -0.2) is 46.9 Å². The summed E-state index contributed by atoms with van der Waals surface area (Å²) in [6.07, 6.45) is -4.45. The van der Waals surface area contributed by atoms with Crippen LogP contribution in [0.3, 0.4) is 0 Å². The zero-order chi connectivity index (χ0) is 22.0. The van der Waals surface area contributed by atoms with E-state index in [0.29, 0.717) is 12.1 Å². The fourth-order valence-corrected chi connectivity index (χ4v) is 2.09. The number of nitrogens with two attached hydrogens (primary N) is 1. The molecular weight excluding hydrogens is 491 g/mol. The molecule has 8 nitrogen and oxygen atoms in total. The monoisotopic (exact) mass is 508 g/mol. The Morgan fingerprint density at radius 1 is 1.00 bits per heavy atom. The molecule has 0 fully saturated rings. The molecular formula is C16H18CuF3N7OS2. The molecule has 0 saturated carbocycles. The van der Waals surface area contributed by atoms with Crippen molar-refractivity contribution in [2.45, 2.75) is 20.0 Å². The minimum absolute atomic E-state index is 0. The van der Waals surface area contributed by atoms with Crippen LogP contribution in [0, 0.1) is 0 Å². The van der Waals surface area contributed by atoms with Crippen LogP contribution in [0.4, 0.5) is 13.2 Å². The van der Waals surface area contributed by atoms with E-state index in [-0.39, 0.29) is 39.2 Å². The van der Waals surface area contributed by atoms with Gasteiger partial charge in [0.15, 0.2) is 0 Å². The zero-order valence-corrected chi connectivity index (χ0v) is 18.3. The molecule has 14 heteroatoms. The molecule has 0 aromatic heterocycles. The first-order valence-corrected chi connectivity index (χ1v) is 8.92. The zero-order valence-electron chi connectivity index (χ0n) is 15.7. The van der Waals surface area contributed by atoms with Crippen LogP contribution in [0.15, 0.2) is 44.7 Å². The van der Waals surface area contributed by atoms with Crippen molar-refractivity contribution in [3.05, 3.63) is 35.4 Å². The maximum absolute atomic E-state index is 12.3. The summed E-state index contributed by atoms with van der Waals surface area (Å²) in [5.74, 6) is -0.617. The average molecular weight is 509 g/mol. The summed E-state index contributed by atoms with van der Waals surface area (Å²) in [5, 5.41) is 19.7. The van der Waals surface area contributed by atoms with Gasteiger partial charge in [-0.1, -0.05) is 12.1 Å². The molecule has 0 aliphatic heterocycles. The number of halogens is 3. The third-order valence-electron chi connectivity index (χ3n) is 3.09. The van der Waals surface area contributed by atoms with Crippen LogP contribution >= 0.6 is 0 Å². The molecule has 0 atom stereocenters. The molecule has 1 radical (unpaired) electrons. The van der Waals surface area contributed by atoms with Gasteiger partial charge < -0.3 is 41.6 Å². The Bertz CT molecular complexity index is 840. The van der Waals surface area contributed by atoms with Crippen LogP contribution < -0.4 is 16.4 Å². The van der Waals surface area contributed by atoms with Gasteiger partial charge in [-0.2, -0.15) is 28.5 Å². The van der Waals surface area contributed by atoms with Gasteiger partial charge in [-0.15, -0.1) is 5.10 Å². The van der Waals surface area contributed by atoms with Crippen LogP contribution in [0.25, 0.3) is 0 Å². The number of carbonyl (C=O) groups excluding carboxylic acids is 1. The Balaban J connectivity index is 0.00000841. The molecule has 1 rings (SSSR count). The maximum atomic E-state index is 12.3. The summed E-state index contributed by atoms with van der Waals surface area (Å²) in [6.45, 7) is 2.60. The van der Waals surface area contributed by atoms with Gasteiger partial charge in [0, 0.05) is 17.7 Å². The molecule has 0 unspecified atom stereocenters. The van der Waals surface area contributed by atoms with Gasteiger partial charge >= 0.3 is 23.2 Å². The number of hydrogen-bond donors (Lipinski definition) is 3. The average Bonchev–Trinajstić information content (AvgIpc) is 2.65. The number of primary amides is 1. The van der Waals surface area contributed by atoms with E-state index in [4.69, 9.17) is 31.0 Å². The predicted molar refractivity (Wildman–Crippen MR) is 112 cm³/mol. The smallest absolute Gasteiger partial charge is 0.741 e. The second-order valence-corrected chi connectivity index (χ2v) is 6.16. The molecule has 0 heterocycles. The normalized spacial score (nSPS) is 13.5. The largest absolute Gasteiger partial charge is 2.00 e. The van der Waals surface area contributed by atoms with Crippen molar-refractivity contribution in [2.75, 3.05) is 13.1 Å². The van der Waals surface area contributed by atoms with E-state index in [1.54, 1.807) is 6.92 Å². The first kappa shape index (κ1) is 27.7. The van der Waals surface area contributed by atoms with Gasteiger partial charge in [0.05, 0.1) is 5.71 Å². The number of rotatable bonds is 7. The van der Waals surface area contributed by atoms with Crippen LogP contribution in [-0.2, 0) is 42.3 Å². The fourth-order valence-electron chi connectivity index (χ4n) is 1.79. The molecule has 0 aliphatic carbocycles. The predicted octanol–water partition coefficient (Wildman–Crippen LogP) is 1.43. The number of nitrogens with zero attached hydrogens (tertiary/aromatic N) is 4. The molecule has 1 amide bonds. The Morgan fingerprint density at radius 3 is 2.00 bits per heavy atom. The molecule has 30 heavy (non-hydrogen) atoms. The minimum atomic E-state index is -4.45. The van der Waals surface area contributed by atoms with Gasteiger partial charge in [0.1, 0.15) is 12.3 Å². The van der Waals surface area contributed by atoms with E-state index in [2.05, 4.69) is 25.7 Å². The fraction of sp³-hybridized carbons (Fsp3) is 0.312. The first-order valence-electron chi connectivity index (χ1n) is 8.10. The summed E-state index contributed by atoms with van der Waals surface area (Å²) in [7, 11) is 0. The summed E-state index contributed by atoms with van der Waals surface area (Å²) in [6, 6.07) is 5.98. The number of nitrogens with one attached hydrogen (secondary N) is 2. The summed E-state index contributed by atoms with van der Waals surface area (Å²) < 4.78 is 36.8. The molecule has 0 bridgehead atoms. The van der Waals surface area contributed by atoms with Crippen molar-refractivity contribution in [1.82, 2.24) is 10.6 Å². The van der Waals surface area contributed by atoms with Crippen LogP contribution in [0.5, 0.6) is 0 Å². The van der Waals surface area contributed by atoms with E-state index in [0.717, 1.165) is 0 Å². The molecule has 0 saturated heterocycles. The number of amides is 1. The van der Waals surface area contributed by atoms with E-state index < -0.39 is 23.8 Å².